The molecule has 0 fully saturated rings. The average molecular weight is 468 g/mol. The van der Waals surface area contributed by atoms with E-state index in [0.29, 0.717) is 5.82 Å². The monoisotopic (exact) mass is 467 g/mol. The molecule has 0 unspecified atom stereocenters. The molecule has 0 radical (unpaired) electrons. The molecule has 3 aromatic rings. The summed E-state index contributed by atoms with van der Waals surface area (Å²) in [6, 6.07) is 12.3. The summed E-state index contributed by atoms with van der Waals surface area (Å²) >= 11 is 0. The smallest absolute Gasteiger partial charge is 0.417 e. The van der Waals surface area contributed by atoms with Gasteiger partial charge in [0.15, 0.2) is 5.82 Å². The molecule has 0 bridgehead atoms. The number of ether oxygens (including phenoxy) is 1. The SMILES string of the molecule is CCCCCCCCc1cnc(-c2ccc(COc3ccc(C#N)c(C(F)(F)F)c3)cc2)nc1. The zero-order valence-electron chi connectivity index (χ0n) is 19.2. The Morgan fingerprint density at radius 1 is 0.882 bits per heavy atom. The van der Waals surface area contributed by atoms with Gasteiger partial charge in [0.1, 0.15) is 12.4 Å². The van der Waals surface area contributed by atoms with Gasteiger partial charge in [-0.1, -0.05) is 63.3 Å². The van der Waals surface area contributed by atoms with Gasteiger partial charge in [-0.2, -0.15) is 18.4 Å². The number of rotatable bonds is 11. The van der Waals surface area contributed by atoms with E-state index >= 15 is 0 Å². The number of aromatic nitrogens is 2. The zero-order valence-corrected chi connectivity index (χ0v) is 19.2. The first-order chi connectivity index (χ1) is 16.4. The Labute approximate surface area is 198 Å². The minimum absolute atomic E-state index is 0.0553. The molecular formula is C27H28F3N3O. The van der Waals surface area contributed by atoms with Crippen LogP contribution in [0.4, 0.5) is 13.2 Å². The number of unbranched alkanes of at least 4 members (excludes halogenated alkanes) is 5. The number of nitriles is 1. The second kappa shape index (κ2) is 12.2. The first-order valence-corrected chi connectivity index (χ1v) is 11.5. The van der Waals surface area contributed by atoms with Crippen LogP contribution in [0, 0.1) is 11.3 Å². The third-order valence-electron chi connectivity index (χ3n) is 5.56. The highest BCUT2D eigenvalue weighted by Gasteiger charge is 2.34. The van der Waals surface area contributed by atoms with Crippen molar-refractivity contribution in [2.24, 2.45) is 0 Å². The lowest BCUT2D eigenvalue weighted by molar-refractivity contribution is -0.137. The van der Waals surface area contributed by atoms with Crippen molar-refractivity contribution in [3.63, 3.8) is 0 Å². The van der Waals surface area contributed by atoms with Crippen molar-refractivity contribution in [2.45, 2.75) is 64.7 Å². The van der Waals surface area contributed by atoms with Crippen molar-refractivity contribution in [1.29, 1.82) is 5.26 Å². The van der Waals surface area contributed by atoms with E-state index in [0.717, 1.165) is 41.7 Å². The highest BCUT2D eigenvalue weighted by molar-refractivity contribution is 5.55. The van der Waals surface area contributed by atoms with Crippen molar-refractivity contribution in [3.8, 4) is 23.2 Å². The summed E-state index contributed by atoms with van der Waals surface area (Å²) in [6.45, 7) is 2.31. The molecule has 0 aliphatic carbocycles. The number of benzene rings is 2. The van der Waals surface area contributed by atoms with Crippen LogP contribution in [0.3, 0.4) is 0 Å². The van der Waals surface area contributed by atoms with Crippen LogP contribution in [-0.4, -0.2) is 9.97 Å². The molecule has 4 nitrogen and oxygen atoms in total. The average Bonchev–Trinajstić information content (AvgIpc) is 2.85. The minimum Gasteiger partial charge on any atom is -0.489 e. The largest absolute Gasteiger partial charge is 0.489 e. The molecule has 3 rings (SSSR count). The van der Waals surface area contributed by atoms with Crippen LogP contribution in [-0.2, 0) is 19.2 Å². The number of halogens is 3. The molecule has 0 N–H and O–H groups in total. The number of hydrogen-bond acceptors (Lipinski definition) is 4. The second-order valence-corrected chi connectivity index (χ2v) is 8.24. The minimum atomic E-state index is -4.61. The summed E-state index contributed by atoms with van der Waals surface area (Å²) < 4.78 is 44.8. The third kappa shape index (κ3) is 7.31. The molecular weight excluding hydrogens is 439 g/mol. The summed E-state index contributed by atoms with van der Waals surface area (Å²) in [7, 11) is 0. The first kappa shape index (κ1) is 25.2. The van der Waals surface area contributed by atoms with Crippen molar-refractivity contribution >= 4 is 0 Å². The van der Waals surface area contributed by atoms with E-state index < -0.39 is 17.3 Å². The van der Waals surface area contributed by atoms with Gasteiger partial charge in [-0.25, -0.2) is 9.97 Å². The van der Waals surface area contributed by atoms with Gasteiger partial charge in [-0.3, -0.25) is 0 Å². The van der Waals surface area contributed by atoms with Gasteiger partial charge in [-0.05, 0) is 42.2 Å². The number of hydrogen-bond donors (Lipinski definition) is 0. The molecule has 1 aromatic heterocycles. The van der Waals surface area contributed by atoms with Crippen LogP contribution in [0.5, 0.6) is 5.75 Å². The van der Waals surface area contributed by atoms with E-state index in [1.165, 1.54) is 38.2 Å². The van der Waals surface area contributed by atoms with E-state index in [-0.39, 0.29) is 12.4 Å². The van der Waals surface area contributed by atoms with Gasteiger partial charge >= 0.3 is 6.18 Å². The zero-order chi connectivity index (χ0) is 24.4. The van der Waals surface area contributed by atoms with E-state index in [9.17, 15) is 13.2 Å². The standard InChI is InChI=1S/C27H28F3N3O/c1-2-3-4-5-6-7-8-21-17-32-26(33-18-21)22-11-9-20(10-12-22)19-34-24-14-13-23(16-31)25(15-24)27(28,29)30/h9-15,17-18H,2-8,19H2,1H3. The molecule has 7 heteroatoms. The second-order valence-electron chi connectivity index (χ2n) is 8.24. The van der Waals surface area contributed by atoms with Gasteiger partial charge in [-0.15, -0.1) is 0 Å². The predicted molar refractivity (Wildman–Crippen MR) is 125 cm³/mol. The Balaban J connectivity index is 1.54. The summed E-state index contributed by atoms with van der Waals surface area (Å²) in [5, 5.41) is 8.89. The predicted octanol–water partition coefficient (Wildman–Crippen LogP) is 7.52. The Bertz CT molecular complexity index is 1090. The van der Waals surface area contributed by atoms with E-state index in [4.69, 9.17) is 10.00 Å². The quantitative estimate of drug-likeness (QED) is 0.274. The van der Waals surface area contributed by atoms with Crippen LogP contribution in [0.1, 0.15) is 67.7 Å². The Kier molecular flexibility index (Phi) is 9.03. The lowest BCUT2D eigenvalue weighted by Gasteiger charge is -2.12. The molecule has 34 heavy (non-hydrogen) atoms. The highest BCUT2D eigenvalue weighted by Crippen LogP contribution is 2.34. The fourth-order valence-electron chi connectivity index (χ4n) is 3.60. The van der Waals surface area contributed by atoms with Crippen molar-refractivity contribution in [1.82, 2.24) is 9.97 Å². The normalized spacial score (nSPS) is 11.3. The van der Waals surface area contributed by atoms with E-state index in [1.54, 1.807) is 6.07 Å². The highest BCUT2D eigenvalue weighted by atomic mass is 19.4. The molecule has 0 amide bonds. The summed E-state index contributed by atoms with van der Waals surface area (Å²) in [5.41, 5.74) is 1.35. The Hall–Kier alpha value is -3.40. The summed E-state index contributed by atoms with van der Waals surface area (Å²) in [6.07, 6.45) is 7.61. The van der Waals surface area contributed by atoms with Crippen molar-refractivity contribution < 1.29 is 17.9 Å². The maximum Gasteiger partial charge on any atom is 0.417 e. The maximum atomic E-state index is 13.1. The van der Waals surface area contributed by atoms with Crippen LogP contribution >= 0.6 is 0 Å². The van der Waals surface area contributed by atoms with Crippen LogP contribution in [0.15, 0.2) is 54.9 Å². The van der Waals surface area contributed by atoms with Gasteiger partial charge in [0.25, 0.3) is 0 Å². The van der Waals surface area contributed by atoms with Crippen LogP contribution in [0.25, 0.3) is 11.4 Å². The van der Waals surface area contributed by atoms with Gasteiger partial charge in [0.05, 0.1) is 17.2 Å². The van der Waals surface area contributed by atoms with Gasteiger partial charge < -0.3 is 4.74 Å². The molecule has 178 valence electrons. The van der Waals surface area contributed by atoms with Crippen LogP contribution in [0.2, 0.25) is 0 Å². The molecule has 0 aliphatic heterocycles. The fraction of sp³-hybridized carbons (Fsp3) is 0.370. The summed E-state index contributed by atoms with van der Waals surface area (Å²) in [4.78, 5) is 8.95. The molecule has 1 heterocycles. The Morgan fingerprint density at radius 3 is 2.21 bits per heavy atom. The lowest BCUT2D eigenvalue weighted by Crippen LogP contribution is -2.08. The molecule has 2 aromatic carbocycles. The molecule has 0 aliphatic rings. The lowest BCUT2D eigenvalue weighted by atomic mass is 10.1. The molecule has 0 spiro atoms. The number of aryl methyl sites for hydroxylation is 1. The molecule has 0 saturated heterocycles. The van der Waals surface area contributed by atoms with Crippen LogP contribution < -0.4 is 4.74 Å². The first-order valence-electron chi connectivity index (χ1n) is 11.5. The Morgan fingerprint density at radius 2 is 1.56 bits per heavy atom. The number of alkyl halides is 3. The maximum absolute atomic E-state index is 13.1. The van der Waals surface area contributed by atoms with Gasteiger partial charge in [0.2, 0.25) is 0 Å². The molecule has 0 atom stereocenters. The van der Waals surface area contributed by atoms with E-state index in [2.05, 4.69) is 16.9 Å². The van der Waals surface area contributed by atoms with E-state index in [1.807, 2.05) is 36.7 Å². The third-order valence-corrected chi connectivity index (χ3v) is 5.56. The number of nitrogens with zero attached hydrogens (tertiary/aromatic N) is 3. The fourth-order valence-corrected chi connectivity index (χ4v) is 3.60. The summed E-state index contributed by atoms with van der Waals surface area (Å²) in [5.74, 6) is 0.681. The van der Waals surface area contributed by atoms with Gasteiger partial charge in [0, 0.05) is 18.0 Å². The molecule has 0 saturated carbocycles. The van der Waals surface area contributed by atoms with Crippen molar-refractivity contribution in [2.75, 3.05) is 0 Å². The van der Waals surface area contributed by atoms with Crippen molar-refractivity contribution in [3.05, 3.63) is 77.1 Å². The topological polar surface area (TPSA) is 58.8 Å².